The monoisotopic (exact) mass is 724 g/mol. The molecule has 0 unspecified atom stereocenters. The maximum atomic E-state index is 10.5. The van der Waals surface area contributed by atoms with E-state index in [0.29, 0.717) is 29.2 Å². The van der Waals surface area contributed by atoms with Crippen LogP contribution in [0.2, 0.25) is 0 Å². The predicted molar refractivity (Wildman–Crippen MR) is 232 cm³/mol. The van der Waals surface area contributed by atoms with Crippen LogP contribution in [-0.4, -0.2) is 17.0 Å². The van der Waals surface area contributed by atoms with Crippen molar-refractivity contribution in [1.29, 1.82) is 5.26 Å². The number of amidine groups is 1. The topological polar surface area (TPSA) is 61.4 Å². The lowest BCUT2D eigenvalue weighted by molar-refractivity contribution is 0.403. The summed E-state index contributed by atoms with van der Waals surface area (Å²) < 4.78 is 0. The van der Waals surface area contributed by atoms with E-state index in [0.717, 1.165) is 45.4 Å². The summed E-state index contributed by atoms with van der Waals surface area (Å²) in [5, 5.41) is 10.5. The summed E-state index contributed by atoms with van der Waals surface area (Å²) >= 11 is 0. The second-order valence-corrected chi connectivity index (χ2v) is 16.0. The van der Waals surface area contributed by atoms with Gasteiger partial charge in [-0.25, -0.2) is 4.99 Å². The van der Waals surface area contributed by atoms with Gasteiger partial charge in [0.25, 0.3) is 0 Å². The average molecular weight is 725 g/mol. The van der Waals surface area contributed by atoms with Crippen LogP contribution in [0.15, 0.2) is 174 Å². The Morgan fingerprint density at radius 2 is 1.20 bits per heavy atom. The molecule has 1 aliphatic rings. The van der Waals surface area contributed by atoms with E-state index in [1.165, 1.54) is 22.3 Å². The molecule has 272 valence electrons. The first-order chi connectivity index (χ1) is 27.2. The minimum Gasteiger partial charge on any atom is -0.261 e. The van der Waals surface area contributed by atoms with E-state index in [1.807, 2.05) is 48.7 Å². The van der Waals surface area contributed by atoms with Gasteiger partial charge in [0, 0.05) is 23.5 Å². The van der Waals surface area contributed by atoms with Gasteiger partial charge in [0.1, 0.15) is 6.07 Å². The normalized spacial score (nSPS) is 14.4. The molecule has 0 amide bonds. The van der Waals surface area contributed by atoms with Crippen LogP contribution in [0, 0.1) is 11.3 Å². The van der Waals surface area contributed by atoms with Crippen LogP contribution in [0.5, 0.6) is 0 Å². The van der Waals surface area contributed by atoms with Gasteiger partial charge in [-0.1, -0.05) is 155 Å². The number of hydrogen-bond acceptors (Lipinski definition) is 3. The number of nitriles is 1. The van der Waals surface area contributed by atoms with Crippen molar-refractivity contribution in [2.24, 2.45) is 9.98 Å². The van der Waals surface area contributed by atoms with E-state index in [2.05, 4.69) is 149 Å². The van der Waals surface area contributed by atoms with Gasteiger partial charge < -0.3 is 0 Å². The minimum absolute atomic E-state index is 0.0376. The first-order valence-corrected chi connectivity index (χ1v) is 19.2. The summed E-state index contributed by atoms with van der Waals surface area (Å²) in [6.07, 6.45) is 4.73. The Bertz CT molecular complexity index is 2640. The maximum Gasteiger partial charge on any atom is 0.156 e. The van der Waals surface area contributed by atoms with Crippen molar-refractivity contribution in [2.45, 2.75) is 51.5 Å². The molecule has 56 heavy (non-hydrogen) atoms. The molecule has 0 spiro atoms. The average Bonchev–Trinajstić information content (AvgIpc) is 3.43. The fraction of sp³-hybridized carbons (Fsp3) is 0.154. The largest absolute Gasteiger partial charge is 0.261 e. The first kappa shape index (κ1) is 36.3. The highest BCUT2D eigenvalue weighted by atomic mass is 14.9. The van der Waals surface area contributed by atoms with Gasteiger partial charge in [-0.3, -0.25) is 9.98 Å². The SMILES string of the molecule is CC1(C)CC(C)(C)c2cc(-c3ncc(C(=N/Cc4cccc(-c5cccc(-c6ccccc6)c5)c4)/N=C/c4cccc(-c5ccccc5)c4)cc3C#N)ccc21. The molecule has 4 nitrogen and oxygen atoms in total. The van der Waals surface area contributed by atoms with Crippen LogP contribution in [0.1, 0.15) is 67.5 Å². The van der Waals surface area contributed by atoms with Gasteiger partial charge in [-0.05, 0) is 103 Å². The lowest BCUT2D eigenvalue weighted by Gasteiger charge is -2.22. The van der Waals surface area contributed by atoms with E-state index >= 15 is 0 Å². The maximum absolute atomic E-state index is 10.5. The summed E-state index contributed by atoms with van der Waals surface area (Å²) in [5.41, 5.74) is 14.5. The van der Waals surface area contributed by atoms with Gasteiger partial charge in [0.15, 0.2) is 5.84 Å². The Kier molecular flexibility index (Phi) is 9.85. The van der Waals surface area contributed by atoms with Crippen LogP contribution in [-0.2, 0) is 17.4 Å². The highest BCUT2D eigenvalue weighted by molar-refractivity contribution is 6.05. The Labute approximate surface area is 330 Å². The van der Waals surface area contributed by atoms with Gasteiger partial charge in [0.2, 0.25) is 0 Å². The van der Waals surface area contributed by atoms with Crippen LogP contribution in [0.25, 0.3) is 44.6 Å². The van der Waals surface area contributed by atoms with Gasteiger partial charge >= 0.3 is 0 Å². The van der Waals surface area contributed by atoms with Gasteiger partial charge in [-0.15, -0.1) is 0 Å². The number of rotatable bonds is 8. The molecule has 6 aromatic carbocycles. The van der Waals surface area contributed by atoms with Crippen molar-refractivity contribution in [3.8, 4) is 50.7 Å². The molecule has 0 aliphatic heterocycles. The Balaban J connectivity index is 1.15. The molecule has 0 atom stereocenters. The van der Waals surface area contributed by atoms with Crippen molar-refractivity contribution >= 4 is 12.1 Å². The summed E-state index contributed by atoms with van der Waals surface area (Å²) in [6.45, 7) is 9.64. The predicted octanol–water partition coefficient (Wildman–Crippen LogP) is 12.6. The zero-order valence-electron chi connectivity index (χ0n) is 32.4. The number of hydrogen-bond donors (Lipinski definition) is 0. The number of aliphatic imine (C=N–C) groups is 2. The zero-order chi connectivity index (χ0) is 38.7. The number of aromatic nitrogens is 1. The van der Waals surface area contributed by atoms with Crippen LogP contribution in [0.3, 0.4) is 0 Å². The van der Waals surface area contributed by atoms with Crippen molar-refractivity contribution in [1.82, 2.24) is 4.98 Å². The Hall–Kier alpha value is -6.70. The molecule has 0 saturated carbocycles. The Morgan fingerprint density at radius 1 is 0.607 bits per heavy atom. The summed E-state index contributed by atoms with van der Waals surface area (Å²) in [5.74, 6) is 0.513. The zero-order valence-corrected chi connectivity index (χ0v) is 32.4. The molecule has 7 aromatic rings. The quantitative estimate of drug-likeness (QED) is 0.116. The van der Waals surface area contributed by atoms with Crippen LogP contribution in [0.4, 0.5) is 0 Å². The third kappa shape index (κ3) is 7.63. The molecule has 1 heterocycles. The second-order valence-electron chi connectivity index (χ2n) is 16.0. The van der Waals surface area contributed by atoms with E-state index in [4.69, 9.17) is 15.0 Å². The molecule has 0 bridgehead atoms. The van der Waals surface area contributed by atoms with Crippen LogP contribution >= 0.6 is 0 Å². The smallest absolute Gasteiger partial charge is 0.156 e. The summed E-state index contributed by atoms with van der Waals surface area (Å²) in [7, 11) is 0. The molecule has 1 aromatic heterocycles. The van der Waals surface area contributed by atoms with Crippen molar-refractivity contribution in [3.63, 3.8) is 0 Å². The number of pyridine rings is 1. The van der Waals surface area contributed by atoms with E-state index in [-0.39, 0.29) is 10.8 Å². The fourth-order valence-corrected chi connectivity index (χ4v) is 8.34. The highest BCUT2D eigenvalue weighted by Gasteiger charge is 2.41. The third-order valence-corrected chi connectivity index (χ3v) is 10.9. The number of fused-ring (bicyclic) bond motifs is 1. The molecule has 1 aliphatic carbocycles. The molecule has 4 heteroatoms. The lowest BCUT2D eigenvalue weighted by Crippen LogP contribution is -2.17. The fourth-order valence-electron chi connectivity index (χ4n) is 8.34. The van der Waals surface area contributed by atoms with E-state index in [9.17, 15) is 5.26 Å². The molecule has 0 N–H and O–H groups in total. The van der Waals surface area contributed by atoms with E-state index < -0.39 is 0 Å². The molecule has 8 rings (SSSR count). The molecular formula is C52H44N4. The first-order valence-electron chi connectivity index (χ1n) is 19.2. The minimum atomic E-state index is 0.0376. The van der Waals surface area contributed by atoms with Crippen molar-refractivity contribution < 1.29 is 0 Å². The van der Waals surface area contributed by atoms with Crippen molar-refractivity contribution in [2.75, 3.05) is 0 Å². The van der Waals surface area contributed by atoms with Crippen LogP contribution < -0.4 is 0 Å². The third-order valence-electron chi connectivity index (χ3n) is 10.9. The molecule has 0 radical (unpaired) electrons. The highest BCUT2D eigenvalue weighted by Crippen LogP contribution is 2.50. The van der Waals surface area contributed by atoms with Crippen molar-refractivity contribution in [3.05, 3.63) is 197 Å². The summed E-state index contributed by atoms with van der Waals surface area (Å²) in [4.78, 5) is 15.0. The standard InChI is InChI=1S/C52H44N4/c1-51(2)35-52(3,4)48-30-44(24-25-47(48)51)49-45(31-53)29-46(34-54-49)50(55-32-36-14-11-20-40(26-36)38-16-7-5-8-17-38)56-33-37-15-12-21-41(27-37)43-23-13-22-42(28-43)39-18-9-6-10-19-39/h5-30,32,34H,33,35H2,1-4H3/b55-32+,56-50-. The Morgan fingerprint density at radius 3 is 1.89 bits per heavy atom. The molecule has 0 fully saturated rings. The number of benzene rings is 6. The molecular weight excluding hydrogens is 681 g/mol. The van der Waals surface area contributed by atoms with Gasteiger partial charge in [-0.2, -0.15) is 5.26 Å². The number of nitrogens with zero attached hydrogens (tertiary/aromatic N) is 4. The van der Waals surface area contributed by atoms with E-state index in [1.54, 1.807) is 6.20 Å². The lowest BCUT2D eigenvalue weighted by atomic mass is 9.82. The second kappa shape index (κ2) is 15.2. The van der Waals surface area contributed by atoms with Gasteiger partial charge in [0.05, 0.1) is 17.8 Å². The summed E-state index contributed by atoms with van der Waals surface area (Å²) in [6, 6.07) is 57.1. The molecule has 0 saturated heterocycles.